The number of allylic oxidation sites excluding steroid dienone is 4. The average molecular weight is 605 g/mol. The number of hydrogen-bond acceptors (Lipinski definition) is 4. The van der Waals surface area contributed by atoms with Crippen LogP contribution in [-0.2, 0) is 19.1 Å². The van der Waals surface area contributed by atoms with E-state index in [2.05, 4.69) is 38.2 Å². The van der Waals surface area contributed by atoms with Gasteiger partial charge in [0.1, 0.15) is 0 Å². The minimum Gasteiger partial charge on any atom is -0.466 e. The Morgan fingerprint density at radius 2 is 0.651 bits per heavy atom. The van der Waals surface area contributed by atoms with Crippen molar-refractivity contribution in [2.75, 3.05) is 13.2 Å². The smallest absolute Gasteiger partial charge is 0.305 e. The topological polar surface area (TPSA) is 52.6 Å². The van der Waals surface area contributed by atoms with Gasteiger partial charge in [0, 0.05) is 19.3 Å². The van der Waals surface area contributed by atoms with Crippen LogP contribution in [0.3, 0.4) is 0 Å². The van der Waals surface area contributed by atoms with Crippen molar-refractivity contribution in [2.45, 2.75) is 200 Å². The molecule has 0 N–H and O–H groups in total. The largest absolute Gasteiger partial charge is 0.466 e. The van der Waals surface area contributed by atoms with E-state index in [0.29, 0.717) is 32.5 Å². The van der Waals surface area contributed by atoms with E-state index in [4.69, 9.17) is 9.47 Å². The normalized spacial score (nSPS) is 11.6. The van der Waals surface area contributed by atoms with Gasteiger partial charge in [0.15, 0.2) is 0 Å². The number of carbonyl (C=O) groups excluding carboxylic acids is 2. The Labute approximate surface area is 268 Å². The third kappa shape index (κ3) is 36.5. The number of ether oxygens (including phenoxy) is 2. The van der Waals surface area contributed by atoms with Crippen molar-refractivity contribution in [3.05, 3.63) is 24.3 Å². The molecule has 4 heteroatoms. The maximum absolute atomic E-state index is 11.9. The Balaban J connectivity index is 3.33. The molecule has 0 bridgehead atoms. The maximum Gasteiger partial charge on any atom is 0.305 e. The van der Waals surface area contributed by atoms with Crippen LogP contribution in [0.15, 0.2) is 24.3 Å². The quantitative estimate of drug-likeness (QED) is 0.0416. The summed E-state index contributed by atoms with van der Waals surface area (Å²) in [4.78, 5) is 23.8. The van der Waals surface area contributed by atoms with Crippen LogP contribution in [0.4, 0.5) is 0 Å². The molecule has 43 heavy (non-hydrogen) atoms. The van der Waals surface area contributed by atoms with Crippen LogP contribution in [0.5, 0.6) is 0 Å². The maximum atomic E-state index is 11.9. The van der Waals surface area contributed by atoms with E-state index >= 15 is 0 Å². The molecule has 0 aliphatic heterocycles. The fraction of sp³-hybridized carbons (Fsp3) is 0.846. The van der Waals surface area contributed by atoms with Crippen molar-refractivity contribution >= 4 is 11.9 Å². The molecule has 0 saturated carbocycles. The van der Waals surface area contributed by atoms with Crippen molar-refractivity contribution in [3.63, 3.8) is 0 Å². The van der Waals surface area contributed by atoms with Crippen molar-refractivity contribution in [1.82, 2.24) is 0 Å². The van der Waals surface area contributed by atoms with Gasteiger partial charge in [0.25, 0.3) is 0 Å². The lowest BCUT2D eigenvalue weighted by molar-refractivity contribution is -0.146. The molecule has 0 amide bonds. The zero-order chi connectivity index (χ0) is 31.3. The third-order valence-electron chi connectivity index (χ3n) is 8.10. The first-order valence-corrected chi connectivity index (χ1v) is 18.8. The van der Waals surface area contributed by atoms with Gasteiger partial charge in [0.05, 0.1) is 13.2 Å². The van der Waals surface area contributed by atoms with Gasteiger partial charge < -0.3 is 9.47 Å². The van der Waals surface area contributed by atoms with Crippen LogP contribution in [-0.4, -0.2) is 25.2 Å². The number of unbranched alkanes of at least 4 members (excludes halogenated alkanes) is 22. The summed E-state index contributed by atoms with van der Waals surface area (Å²) in [7, 11) is 0. The Morgan fingerprint density at radius 3 is 0.977 bits per heavy atom. The predicted molar refractivity (Wildman–Crippen MR) is 185 cm³/mol. The van der Waals surface area contributed by atoms with Crippen LogP contribution in [0.2, 0.25) is 0 Å². The lowest BCUT2D eigenvalue weighted by atomic mass is 10.1. The molecular formula is C39H72O4. The van der Waals surface area contributed by atoms with E-state index in [0.717, 1.165) is 25.7 Å². The van der Waals surface area contributed by atoms with Gasteiger partial charge in [-0.05, 0) is 64.2 Å². The highest BCUT2D eigenvalue weighted by Crippen LogP contribution is 2.12. The molecule has 0 aliphatic carbocycles. The molecule has 0 aliphatic rings. The molecule has 4 nitrogen and oxygen atoms in total. The first-order chi connectivity index (χ1) is 21.2. The third-order valence-corrected chi connectivity index (χ3v) is 8.10. The van der Waals surface area contributed by atoms with E-state index in [9.17, 15) is 9.59 Å². The molecule has 0 aromatic rings. The summed E-state index contributed by atoms with van der Waals surface area (Å²) >= 11 is 0. The molecule has 0 saturated heterocycles. The second-order valence-corrected chi connectivity index (χ2v) is 12.5. The van der Waals surface area contributed by atoms with Crippen LogP contribution >= 0.6 is 0 Å². The van der Waals surface area contributed by atoms with Gasteiger partial charge in [0.2, 0.25) is 0 Å². The van der Waals surface area contributed by atoms with Gasteiger partial charge in [-0.2, -0.15) is 0 Å². The molecule has 0 fully saturated rings. The highest BCUT2D eigenvalue weighted by atomic mass is 16.5. The summed E-state index contributed by atoms with van der Waals surface area (Å²) in [5.74, 6) is -0.255. The van der Waals surface area contributed by atoms with Gasteiger partial charge in [-0.15, -0.1) is 0 Å². The summed E-state index contributed by atoms with van der Waals surface area (Å²) in [6.07, 6.45) is 43.5. The Hall–Kier alpha value is -1.58. The summed E-state index contributed by atoms with van der Waals surface area (Å²) in [6, 6.07) is 0. The number of hydrogen-bond donors (Lipinski definition) is 0. The molecule has 0 heterocycles. The van der Waals surface area contributed by atoms with E-state index < -0.39 is 0 Å². The molecule has 0 unspecified atom stereocenters. The Morgan fingerprint density at radius 1 is 0.372 bits per heavy atom. The van der Waals surface area contributed by atoms with Crippen molar-refractivity contribution in [3.8, 4) is 0 Å². The summed E-state index contributed by atoms with van der Waals surface area (Å²) in [5.41, 5.74) is 0. The monoisotopic (exact) mass is 605 g/mol. The van der Waals surface area contributed by atoms with Crippen LogP contribution < -0.4 is 0 Å². The van der Waals surface area contributed by atoms with E-state index in [1.165, 1.54) is 141 Å². The first kappa shape index (κ1) is 41.4. The fourth-order valence-electron chi connectivity index (χ4n) is 5.26. The minimum absolute atomic E-state index is 0.128. The fourth-order valence-corrected chi connectivity index (χ4v) is 5.26. The van der Waals surface area contributed by atoms with Crippen molar-refractivity contribution < 1.29 is 19.1 Å². The molecule has 0 aromatic heterocycles. The van der Waals surface area contributed by atoms with Crippen LogP contribution in [0.1, 0.15) is 200 Å². The number of carbonyl (C=O) groups is 2. The lowest BCUT2D eigenvalue weighted by Gasteiger charge is -2.06. The van der Waals surface area contributed by atoms with Gasteiger partial charge >= 0.3 is 11.9 Å². The highest BCUT2D eigenvalue weighted by molar-refractivity contribution is 5.69. The molecule has 0 rings (SSSR count). The summed E-state index contributed by atoms with van der Waals surface area (Å²) in [6.45, 7) is 5.21. The summed E-state index contributed by atoms with van der Waals surface area (Å²) < 4.78 is 10.6. The molecule has 0 aromatic carbocycles. The molecule has 252 valence electrons. The van der Waals surface area contributed by atoms with Gasteiger partial charge in [-0.25, -0.2) is 0 Å². The molecular weight excluding hydrogens is 532 g/mol. The van der Waals surface area contributed by atoms with Gasteiger partial charge in [-0.1, -0.05) is 141 Å². The Kier molecular flexibility index (Phi) is 35.3. The summed E-state index contributed by atoms with van der Waals surface area (Å²) in [5, 5.41) is 0. The number of rotatable bonds is 34. The van der Waals surface area contributed by atoms with Gasteiger partial charge in [-0.3, -0.25) is 9.59 Å². The predicted octanol–water partition coefficient (Wildman–Crippen LogP) is 12.5. The Bertz CT molecular complexity index is 585. The first-order valence-electron chi connectivity index (χ1n) is 18.8. The second kappa shape index (κ2) is 36.6. The standard InChI is InChI=1S/C39H72O4/c1-3-5-7-9-11-13-15-17-19-21-23-25-27-29-31-34-38(40)42-36-33-37-43-39(41)35-32-30-28-26-24-22-20-18-16-14-12-10-8-6-4-2/h17-20H,3-16,21-37H2,1-2H3/b19-17+,20-18?. The van der Waals surface area contributed by atoms with Crippen LogP contribution in [0, 0.1) is 0 Å². The van der Waals surface area contributed by atoms with E-state index in [-0.39, 0.29) is 11.9 Å². The molecule has 0 atom stereocenters. The number of esters is 2. The van der Waals surface area contributed by atoms with Crippen LogP contribution in [0.25, 0.3) is 0 Å². The van der Waals surface area contributed by atoms with E-state index in [1.54, 1.807) is 0 Å². The second-order valence-electron chi connectivity index (χ2n) is 12.5. The lowest BCUT2D eigenvalue weighted by Crippen LogP contribution is -2.10. The minimum atomic E-state index is -0.128. The average Bonchev–Trinajstić information content (AvgIpc) is 3.00. The zero-order valence-electron chi connectivity index (χ0n) is 28.9. The van der Waals surface area contributed by atoms with E-state index in [1.807, 2.05) is 0 Å². The van der Waals surface area contributed by atoms with Crippen molar-refractivity contribution in [2.24, 2.45) is 0 Å². The molecule has 0 spiro atoms. The molecule has 0 radical (unpaired) electrons. The SMILES string of the molecule is CCCCCCCCC=CCCCCCCCC(=O)OCCCOC(=O)CCCCCCC/C=C/CCCCCCCC. The highest BCUT2D eigenvalue weighted by Gasteiger charge is 2.05. The van der Waals surface area contributed by atoms with Crippen molar-refractivity contribution in [1.29, 1.82) is 0 Å². The zero-order valence-corrected chi connectivity index (χ0v) is 28.9.